The SMILES string of the molecule is CCCC1CCC(C#Cc2c(O)c(F)c(F)c3c2CCCO3)CC1.CCCC1CCC(c2cc3c4c(c(F)c(F)c3o2)OCCC4)CC1. The van der Waals surface area contributed by atoms with E-state index in [2.05, 4.69) is 25.7 Å². The first-order chi connectivity index (χ1) is 23.3. The molecule has 4 nitrogen and oxygen atoms in total. The molecule has 0 unspecified atom stereocenters. The van der Waals surface area contributed by atoms with Crippen molar-refractivity contribution in [1.82, 2.24) is 0 Å². The predicted molar refractivity (Wildman–Crippen MR) is 179 cm³/mol. The van der Waals surface area contributed by atoms with Crippen LogP contribution in [0.2, 0.25) is 0 Å². The lowest BCUT2D eigenvalue weighted by Crippen LogP contribution is -2.14. The molecule has 3 heterocycles. The van der Waals surface area contributed by atoms with Gasteiger partial charge in [-0.1, -0.05) is 51.4 Å². The van der Waals surface area contributed by atoms with Gasteiger partial charge in [0.2, 0.25) is 23.3 Å². The second-order valence-corrected chi connectivity index (χ2v) is 14.2. The normalized spacial score (nSPS) is 23.5. The Morgan fingerprint density at radius 1 is 0.729 bits per heavy atom. The third kappa shape index (κ3) is 7.16. The van der Waals surface area contributed by atoms with Gasteiger partial charge in [-0.2, -0.15) is 17.6 Å². The molecule has 0 amide bonds. The van der Waals surface area contributed by atoms with E-state index in [0.717, 1.165) is 55.3 Å². The zero-order valence-electron chi connectivity index (χ0n) is 28.3. The van der Waals surface area contributed by atoms with Gasteiger partial charge in [0.05, 0.1) is 18.8 Å². The molecule has 2 aliphatic carbocycles. The first kappa shape index (κ1) is 34.5. The summed E-state index contributed by atoms with van der Waals surface area (Å²) in [4.78, 5) is 0. The Hall–Kier alpha value is -3.34. The lowest BCUT2D eigenvalue weighted by Gasteiger charge is -2.26. The number of halogens is 4. The van der Waals surface area contributed by atoms with Crippen molar-refractivity contribution in [2.75, 3.05) is 13.2 Å². The zero-order chi connectivity index (χ0) is 33.8. The molecule has 2 aliphatic heterocycles. The van der Waals surface area contributed by atoms with Gasteiger partial charge in [-0.3, -0.25) is 0 Å². The minimum Gasteiger partial charge on any atom is -0.504 e. The summed E-state index contributed by atoms with van der Waals surface area (Å²) in [5, 5.41) is 10.7. The fourth-order valence-electron chi connectivity index (χ4n) is 8.25. The summed E-state index contributed by atoms with van der Waals surface area (Å²) in [7, 11) is 0. The van der Waals surface area contributed by atoms with E-state index in [1.807, 2.05) is 6.07 Å². The fourth-order valence-corrected chi connectivity index (χ4v) is 8.25. The van der Waals surface area contributed by atoms with E-state index in [1.165, 1.54) is 51.4 Å². The molecular formula is C40H48F4O4. The number of phenols is 1. The fraction of sp³-hybridized carbons (Fsp3) is 0.600. The maximum absolute atomic E-state index is 14.4. The van der Waals surface area contributed by atoms with Crippen LogP contribution in [0.25, 0.3) is 11.0 Å². The number of benzene rings is 2. The highest BCUT2D eigenvalue weighted by Gasteiger charge is 2.30. The van der Waals surface area contributed by atoms with Gasteiger partial charge in [-0.05, 0) is 95.0 Å². The van der Waals surface area contributed by atoms with Crippen molar-refractivity contribution in [1.29, 1.82) is 0 Å². The van der Waals surface area contributed by atoms with E-state index in [0.29, 0.717) is 49.3 Å². The van der Waals surface area contributed by atoms with E-state index >= 15 is 0 Å². The average molecular weight is 669 g/mol. The number of aromatic hydroxyl groups is 1. The van der Waals surface area contributed by atoms with E-state index in [-0.39, 0.29) is 28.6 Å². The number of phenolic OH excluding ortho intramolecular Hbond substituents is 1. The number of furan rings is 1. The summed E-state index contributed by atoms with van der Waals surface area (Å²) in [6.45, 7) is 5.25. The summed E-state index contributed by atoms with van der Waals surface area (Å²) in [5.74, 6) is 4.31. The van der Waals surface area contributed by atoms with Crippen LogP contribution in [0.15, 0.2) is 10.5 Å². The number of ether oxygens (including phenoxy) is 2. The van der Waals surface area contributed by atoms with Crippen LogP contribution in [0.1, 0.15) is 132 Å². The molecular weight excluding hydrogens is 620 g/mol. The van der Waals surface area contributed by atoms with E-state index < -0.39 is 29.0 Å². The molecule has 2 aromatic carbocycles. The highest BCUT2D eigenvalue weighted by atomic mass is 19.2. The molecule has 0 radical (unpaired) electrons. The van der Waals surface area contributed by atoms with Gasteiger partial charge in [0.25, 0.3) is 0 Å². The van der Waals surface area contributed by atoms with Crippen LogP contribution >= 0.6 is 0 Å². The maximum atomic E-state index is 14.4. The zero-order valence-corrected chi connectivity index (χ0v) is 28.3. The van der Waals surface area contributed by atoms with Crippen LogP contribution in [-0.2, 0) is 12.8 Å². The molecule has 1 N–H and O–H groups in total. The number of hydrogen-bond acceptors (Lipinski definition) is 4. The number of rotatable bonds is 5. The number of hydrogen-bond donors (Lipinski definition) is 1. The molecule has 48 heavy (non-hydrogen) atoms. The molecule has 8 heteroatoms. The van der Waals surface area contributed by atoms with Gasteiger partial charge in [0, 0.05) is 28.3 Å². The molecule has 2 saturated carbocycles. The van der Waals surface area contributed by atoms with Gasteiger partial charge in [0.1, 0.15) is 5.76 Å². The lowest BCUT2D eigenvalue weighted by atomic mass is 9.79. The molecule has 0 bridgehead atoms. The first-order valence-electron chi connectivity index (χ1n) is 18.2. The Morgan fingerprint density at radius 2 is 1.29 bits per heavy atom. The van der Waals surface area contributed by atoms with Crippen LogP contribution in [-0.4, -0.2) is 18.3 Å². The minimum absolute atomic E-state index is 0.0717. The van der Waals surface area contributed by atoms with Crippen molar-refractivity contribution < 1.29 is 36.6 Å². The highest BCUT2D eigenvalue weighted by Crippen LogP contribution is 2.44. The maximum Gasteiger partial charge on any atom is 0.205 e. The molecule has 2 fully saturated rings. The molecule has 0 saturated heterocycles. The van der Waals surface area contributed by atoms with Gasteiger partial charge >= 0.3 is 0 Å². The van der Waals surface area contributed by atoms with Crippen LogP contribution in [0.3, 0.4) is 0 Å². The Kier molecular flexibility index (Phi) is 11.1. The second kappa shape index (κ2) is 15.5. The smallest absolute Gasteiger partial charge is 0.205 e. The lowest BCUT2D eigenvalue weighted by molar-refractivity contribution is 0.264. The summed E-state index contributed by atoms with van der Waals surface area (Å²) < 4.78 is 72.9. The topological polar surface area (TPSA) is 51.8 Å². The van der Waals surface area contributed by atoms with Crippen molar-refractivity contribution >= 4 is 11.0 Å². The first-order valence-corrected chi connectivity index (χ1v) is 18.2. The monoisotopic (exact) mass is 668 g/mol. The van der Waals surface area contributed by atoms with Crippen molar-refractivity contribution in [3.63, 3.8) is 0 Å². The number of aryl methyl sites for hydroxylation is 1. The summed E-state index contributed by atoms with van der Waals surface area (Å²) in [5.41, 5.74) is 1.55. The Labute approximate surface area is 281 Å². The van der Waals surface area contributed by atoms with E-state index in [4.69, 9.17) is 13.9 Å². The third-order valence-corrected chi connectivity index (χ3v) is 10.9. The molecule has 260 valence electrons. The molecule has 0 atom stereocenters. The van der Waals surface area contributed by atoms with Crippen LogP contribution in [0.5, 0.6) is 17.2 Å². The Bertz CT molecular complexity index is 1650. The Morgan fingerprint density at radius 3 is 1.92 bits per heavy atom. The van der Waals surface area contributed by atoms with E-state index in [9.17, 15) is 22.7 Å². The molecule has 0 spiro atoms. The standard InChI is InChI=1S/2C20H24F2O2/c1-2-4-12-6-8-13(9-7-12)16-11-15-14-5-3-10-23-19(14)17(21)18(22)20(15)24-16;1-2-4-13-6-8-14(9-7-13)10-11-15-16-5-3-12-24-20(16)18(22)17(21)19(15)23/h11-13H,2-10H2,1H3;13-14,23H,2-9,12H2,1H3. The highest BCUT2D eigenvalue weighted by molar-refractivity contribution is 5.85. The van der Waals surface area contributed by atoms with Crippen molar-refractivity contribution in [2.24, 2.45) is 17.8 Å². The van der Waals surface area contributed by atoms with Gasteiger partial charge in [-0.25, -0.2) is 0 Å². The van der Waals surface area contributed by atoms with Crippen LogP contribution in [0, 0.1) is 52.9 Å². The summed E-state index contributed by atoms with van der Waals surface area (Å²) in [6, 6.07) is 1.94. The predicted octanol–water partition coefficient (Wildman–Crippen LogP) is 11.1. The molecule has 4 aliphatic rings. The number of fused-ring (bicyclic) bond motifs is 4. The summed E-state index contributed by atoms with van der Waals surface area (Å²) in [6.07, 6.45) is 16.8. The quantitative estimate of drug-likeness (QED) is 0.217. The third-order valence-electron chi connectivity index (χ3n) is 10.9. The molecule has 7 rings (SSSR count). The van der Waals surface area contributed by atoms with Crippen molar-refractivity contribution in [3.05, 3.63) is 51.8 Å². The molecule has 3 aromatic rings. The minimum atomic E-state index is -1.26. The van der Waals surface area contributed by atoms with Crippen LogP contribution < -0.4 is 9.47 Å². The van der Waals surface area contributed by atoms with Gasteiger partial charge in [-0.15, -0.1) is 0 Å². The van der Waals surface area contributed by atoms with Gasteiger partial charge < -0.3 is 19.0 Å². The molecule has 1 aromatic heterocycles. The van der Waals surface area contributed by atoms with E-state index in [1.54, 1.807) is 0 Å². The average Bonchev–Trinajstić information content (AvgIpc) is 3.57. The van der Waals surface area contributed by atoms with Crippen molar-refractivity contribution in [3.8, 4) is 29.1 Å². The van der Waals surface area contributed by atoms with Gasteiger partial charge in [0.15, 0.2) is 22.8 Å². The largest absolute Gasteiger partial charge is 0.504 e. The van der Waals surface area contributed by atoms with Crippen molar-refractivity contribution in [2.45, 2.75) is 122 Å². The summed E-state index contributed by atoms with van der Waals surface area (Å²) >= 11 is 0. The Balaban J connectivity index is 0.000000167. The second-order valence-electron chi connectivity index (χ2n) is 14.2. The van der Waals surface area contributed by atoms with Crippen LogP contribution in [0.4, 0.5) is 17.6 Å².